The number of carbonyl (C=O) groups excluding carboxylic acids is 1. The first-order chi connectivity index (χ1) is 7.26. The van der Waals surface area contributed by atoms with Crippen molar-refractivity contribution in [2.75, 3.05) is 14.2 Å². The van der Waals surface area contributed by atoms with Crippen molar-refractivity contribution in [1.29, 1.82) is 0 Å². The molecular formula is C10H13NO4. The standard InChI is InChI=1S/C10H13NO4/c1-13-5-7-8(10(12)14-2)15-9(11-7)6-3-4-6/h6H,3-5H2,1-2H3. The predicted molar refractivity (Wildman–Crippen MR) is 50.5 cm³/mol. The zero-order valence-corrected chi connectivity index (χ0v) is 8.78. The number of aromatic nitrogens is 1. The van der Waals surface area contributed by atoms with Crippen LogP contribution in [0.1, 0.15) is 40.9 Å². The van der Waals surface area contributed by atoms with E-state index in [1.165, 1.54) is 7.11 Å². The highest BCUT2D eigenvalue weighted by Gasteiger charge is 2.31. The van der Waals surface area contributed by atoms with Crippen LogP contribution in [-0.4, -0.2) is 25.2 Å². The zero-order chi connectivity index (χ0) is 10.8. The lowest BCUT2D eigenvalue weighted by Crippen LogP contribution is -2.04. The molecule has 0 aromatic carbocycles. The average Bonchev–Trinajstić information content (AvgIpc) is 3.00. The summed E-state index contributed by atoms with van der Waals surface area (Å²) in [5.74, 6) is 0.671. The van der Waals surface area contributed by atoms with Crippen molar-refractivity contribution in [2.24, 2.45) is 0 Å². The van der Waals surface area contributed by atoms with E-state index >= 15 is 0 Å². The van der Waals surface area contributed by atoms with Gasteiger partial charge >= 0.3 is 5.97 Å². The summed E-state index contributed by atoms with van der Waals surface area (Å²) in [6.45, 7) is 0.265. The first kappa shape index (κ1) is 10.2. The Balaban J connectivity index is 2.27. The van der Waals surface area contributed by atoms with Crippen LogP contribution in [0.15, 0.2) is 4.42 Å². The molecule has 0 aliphatic heterocycles. The number of oxazole rings is 1. The second-order valence-corrected chi connectivity index (χ2v) is 3.53. The Morgan fingerprint density at radius 1 is 1.53 bits per heavy atom. The summed E-state index contributed by atoms with van der Waals surface area (Å²) in [7, 11) is 2.87. The van der Waals surface area contributed by atoms with Crippen LogP contribution in [0.5, 0.6) is 0 Å². The third kappa shape index (κ3) is 2.02. The molecule has 5 heteroatoms. The molecule has 0 unspecified atom stereocenters. The van der Waals surface area contributed by atoms with Crippen molar-refractivity contribution in [2.45, 2.75) is 25.4 Å². The third-order valence-corrected chi connectivity index (χ3v) is 2.29. The number of methoxy groups -OCH3 is 2. The largest absolute Gasteiger partial charge is 0.463 e. The Hall–Kier alpha value is -1.36. The number of carbonyl (C=O) groups is 1. The molecule has 0 N–H and O–H groups in total. The van der Waals surface area contributed by atoms with Gasteiger partial charge in [-0.1, -0.05) is 0 Å². The molecule has 1 heterocycles. The van der Waals surface area contributed by atoms with Crippen LogP contribution >= 0.6 is 0 Å². The van der Waals surface area contributed by atoms with E-state index in [1.54, 1.807) is 7.11 Å². The predicted octanol–water partition coefficient (Wildman–Crippen LogP) is 1.49. The summed E-state index contributed by atoms with van der Waals surface area (Å²) in [5.41, 5.74) is 0.520. The molecule has 15 heavy (non-hydrogen) atoms. The number of ether oxygens (including phenoxy) is 2. The molecule has 1 aromatic heterocycles. The lowest BCUT2D eigenvalue weighted by atomic mass is 10.3. The second kappa shape index (κ2) is 4.02. The van der Waals surface area contributed by atoms with Crippen molar-refractivity contribution in [3.63, 3.8) is 0 Å². The molecule has 82 valence electrons. The maximum atomic E-state index is 11.4. The molecule has 0 atom stereocenters. The van der Waals surface area contributed by atoms with E-state index < -0.39 is 5.97 Å². The maximum absolute atomic E-state index is 11.4. The first-order valence-electron chi connectivity index (χ1n) is 4.83. The third-order valence-electron chi connectivity index (χ3n) is 2.29. The van der Waals surface area contributed by atoms with Gasteiger partial charge in [0.05, 0.1) is 13.7 Å². The normalized spacial score (nSPS) is 15.3. The number of hydrogen-bond donors (Lipinski definition) is 0. The highest BCUT2D eigenvalue weighted by Crippen LogP contribution is 2.40. The topological polar surface area (TPSA) is 61.6 Å². The fraction of sp³-hybridized carbons (Fsp3) is 0.600. The van der Waals surface area contributed by atoms with Gasteiger partial charge in [-0.25, -0.2) is 9.78 Å². The van der Waals surface area contributed by atoms with Crippen LogP contribution in [-0.2, 0) is 16.1 Å². The first-order valence-corrected chi connectivity index (χ1v) is 4.83. The minimum atomic E-state index is -0.499. The van der Waals surface area contributed by atoms with Crippen LogP contribution in [0.4, 0.5) is 0 Å². The van der Waals surface area contributed by atoms with Crippen molar-refractivity contribution in [1.82, 2.24) is 4.98 Å². The Morgan fingerprint density at radius 3 is 2.80 bits per heavy atom. The molecule has 0 spiro atoms. The van der Waals surface area contributed by atoms with Gasteiger partial charge in [-0.3, -0.25) is 0 Å². The molecule has 1 aromatic rings. The lowest BCUT2D eigenvalue weighted by Gasteiger charge is -1.96. The fourth-order valence-electron chi connectivity index (χ4n) is 1.36. The van der Waals surface area contributed by atoms with Gasteiger partial charge < -0.3 is 13.9 Å². The molecule has 0 amide bonds. The summed E-state index contributed by atoms with van der Waals surface area (Å²) in [6.07, 6.45) is 2.15. The Bertz CT molecular complexity index is 367. The highest BCUT2D eigenvalue weighted by molar-refractivity contribution is 5.87. The van der Waals surface area contributed by atoms with E-state index in [-0.39, 0.29) is 12.4 Å². The molecule has 5 nitrogen and oxygen atoms in total. The molecule has 1 aliphatic carbocycles. The van der Waals surface area contributed by atoms with Crippen molar-refractivity contribution in [3.05, 3.63) is 17.3 Å². The van der Waals surface area contributed by atoms with Gasteiger partial charge in [-0.2, -0.15) is 0 Å². The minimum Gasteiger partial charge on any atom is -0.463 e. The van der Waals surface area contributed by atoms with Crippen molar-refractivity contribution < 1.29 is 18.7 Å². The van der Waals surface area contributed by atoms with Crippen LogP contribution in [0.2, 0.25) is 0 Å². The summed E-state index contributed by atoms with van der Waals surface area (Å²) in [4.78, 5) is 15.6. The number of nitrogens with zero attached hydrogens (tertiary/aromatic N) is 1. The molecule has 2 rings (SSSR count). The van der Waals surface area contributed by atoms with Crippen LogP contribution in [0.25, 0.3) is 0 Å². The van der Waals surface area contributed by atoms with Crippen molar-refractivity contribution in [3.8, 4) is 0 Å². The van der Waals surface area contributed by atoms with Gasteiger partial charge in [0.2, 0.25) is 5.76 Å². The van der Waals surface area contributed by atoms with Crippen LogP contribution < -0.4 is 0 Å². The summed E-state index contributed by atoms with van der Waals surface area (Å²) < 4.78 is 14.9. The lowest BCUT2D eigenvalue weighted by molar-refractivity contribution is 0.0556. The van der Waals surface area contributed by atoms with Gasteiger partial charge in [0.15, 0.2) is 5.89 Å². The Kier molecular flexibility index (Phi) is 2.73. The second-order valence-electron chi connectivity index (χ2n) is 3.53. The SMILES string of the molecule is COCc1nc(C2CC2)oc1C(=O)OC. The Morgan fingerprint density at radius 2 is 2.27 bits per heavy atom. The van der Waals surface area contributed by atoms with E-state index in [4.69, 9.17) is 9.15 Å². The van der Waals surface area contributed by atoms with Gasteiger partial charge in [-0.15, -0.1) is 0 Å². The molecule has 0 bridgehead atoms. The van der Waals surface area contributed by atoms with Gasteiger partial charge in [0, 0.05) is 13.0 Å². The van der Waals surface area contributed by atoms with Crippen LogP contribution in [0.3, 0.4) is 0 Å². The highest BCUT2D eigenvalue weighted by atomic mass is 16.5. The smallest absolute Gasteiger partial charge is 0.376 e. The van der Waals surface area contributed by atoms with E-state index in [0.29, 0.717) is 17.5 Å². The molecule has 0 radical (unpaired) electrons. The number of rotatable bonds is 4. The van der Waals surface area contributed by atoms with Crippen LogP contribution in [0, 0.1) is 0 Å². The van der Waals surface area contributed by atoms with E-state index in [0.717, 1.165) is 12.8 Å². The molecular weight excluding hydrogens is 198 g/mol. The van der Waals surface area contributed by atoms with E-state index in [1.807, 2.05) is 0 Å². The molecule has 1 fully saturated rings. The minimum absolute atomic E-state index is 0.168. The zero-order valence-electron chi connectivity index (χ0n) is 8.78. The number of esters is 1. The monoisotopic (exact) mass is 211 g/mol. The molecule has 0 saturated heterocycles. The Labute approximate surface area is 87.4 Å². The summed E-state index contributed by atoms with van der Waals surface area (Å²) in [6, 6.07) is 0. The van der Waals surface area contributed by atoms with Gasteiger partial charge in [0.1, 0.15) is 5.69 Å². The quantitative estimate of drug-likeness (QED) is 0.706. The summed E-state index contributed by atoms with van der Waals surface area (Å²) in [5, 5.41) is 0. The number of hydrogen-bond acceptors (Lipinski definition) is 5. The maximum Gasteiger partial charge on any atom is 0.376 e. The van der Waals surface area contributed by atoms with Gasteiger partial charge in [-0.05, 0) is 12.8 Å². The van der Waals surface area contributed by atoms with E-state index in [2.05, 4.69) is 9.72 Å². The molecule has 1 aliphatic rings. The fourth-order valence-corrected chi connectivity index (χ4v) is 1.36. The molecule has 1 saturated carbocycles. The average molecular weight is 211 g/mol. The van der Waals surface area contributed by atoms with Gasteiger partial charge in [0.25, 0.3) is 0 Å². The van der Waals surface area contributed by atoms with Crippen molar-refractivity contribution >= 4 is 5.97 Å². The van der Waals surface area contributed by atoms with E-state index in [9.17, 15) is 4.79 Å². The summed E-state index contributed by atoms with van der Waals surface area (Å²) >= 11 is 0.